The molecule has 23 heavy (non-hydrogen) atoms. The largest absolute Gasteiger partial charge is 0.443 e. The molecule has 1 aliphatic carbocycles. The van der Waals surface area contributed by atoms with Crippen molar-refractivity contribution >= 4 is 23.2 Å². The fraction of sp³-hybridized carbons (Fsp3) is 0.353. The smallest absolute Gasteiger partial charge is 0.349 e. The minimum Gasteiger partial charge on any atom is -0.443 e. The van der Waals surface area contributed by atoms with Crippen LogP contribution in [0, 0.1) is 0 Å². The number of ether oxygens (including phenoxy) is 1. The molecule has 1 N–H and O–H groups in total. The SMILES string of the molecule is O=C(O[C@H](C(=O)NC1CCCC1)c1cccnc1)c1cccs1. The first kappa shape index (κ1) is 15.7. The number of rotatable bonds is 5. The number of nitrogens with zero attached hydrogens (tertiary/aromatic N) is 1. The highest BCUT2D eigenvalue weighted by Gasteiger charge is 2.28. The van der Waals surface area contributed by atoms with Crippen molar-refractivity contribution in [3.8, 4) is 0 Å². The Balaban J connectivity index is 1.76. The third-order valence-electron chi connectivity index (χ3n) is 3.87. The van der Waals surface area contributed by atoms with Crippen LogP contribution in [-0.4, -0.2) is 22.9 Å². The van der Waals surface area contributed by atoms with Crippen LogP contribution in [0.1, 0.15) is 47.0 Å². The van der Waals surface area contributed by atoms with Crippen LogP contribution < -0.4 is 5.32 Å². The molecule has 0 radical (unpaired) electrons. The molecule has 6 heteroatoms. The predicted molar refractivity (Wildman–Crippen MR) is 87.1 cm³/mol. The van der Waals surface area contributed by atoms with E-state index in [0.717, 1.165) is 25.7 Å². The number of aromatic nitrogens is 1. The van der Waals surface area contributed by atoms with Gasteiger partial charge in [0.1, 0.15) is 4.88 Å². The molecule has 0 unspecified atom stereocenters. The van der Waals surface area contributed by atoms with Crippen molar-refractivity contribution in [2.75, 3.05) is 0 Å². The van der Waals surface area contributed by atoms with E-state index >= 15 is 0 Å². The Morgan fingerprint density at radius 3 is 2.74 bits per heavy atom. The molecule has 0 aromatic carbocycles. The van der Waals surface area contributed by atoms with Crippen molar-refractivity contribution in [2.45, 2.75) is 37.8 Å². The molecule has 1 aliphatic rings. The average molecular weight is 330 g/mol. The van der Waals surface area contributed by atoms with Crippen LogP contribution in [0.2, 0.25) is 0 Å². The van der Waals surface area contributed by atoms with Gasteiger partial charge in [-0.2, -0.15) is 0 Å². The highest BCUT2D eigenvalue weighted by molar-refractivity contribution is 7.11. The van der Waals surface area contributed by atoms with Crippen LogP contribution in [0.3, 0.4) is 0 Å². The lowest BCUT2D eigenvalue weighted by molar-refractivity contribution is -0.131. The number of carbonyl (C=O) groups excluding carboxylic acids is 2. The zero-order chi connectivity index (χ0) is 16.1. The molecule has 5 nitrogen and oxygen atoms in total. The normalized spacial score (nSPS) is 16.0. The van der Waals surface area contributed by atoms with Crippen LogP contribution in [0.25, 0.3) is 0 Å². The summed E-state index contributed by atoms with van der Waals surface area (Å²) < 4.78 is 5.47. The lowest BCUT2D eigenvalue weighted by Gasteiger charge is -2.20. The summed E-state index contributed by atoms with van der Waals surface area (Å²) in [6.45, 7) is 0. The van der Waals surface area contributed by atoms with Gasteiger partial charge < -0.3 is 10.1 Å². The highest BCUT2D eigenvalue weighted by atomic mass is 32.1. The number of carbonyl (C=O) groups is 2. The van der Waals surface area contributed by atoms with Gasteiger partial charge in [-0.3, -0.25) is 9.78 Å². The molecule has 120 valence electrons. The second kappa shape index (κ2) is 7.37. The number of esters is 1. The van der Waals surface area contributed by atoms with Gasteiger partial charge in [0, 0.05) is 24.0 Å². The van der Waals surface area contributed by atoms with Gasteiger partial charge >= 0.3 is 5.97 Å². The number of hydrogen-bond donors (Lipinski definition) is 1. The van der Waals surface area contributed by atoms with Crippen LogP contribution >= 0.6 is 11.3 Å². The lowest BCUT2D eigenvalue weighted by atomic mass is 10.1. The van der Waals surface area contributed by atoms with Gasteiger partial charge in [0.25, 0.3) is 5.91 Å². The Hall–Kier alpha value is -2.21. The summed E-state index contributed by atoms with van der Waals surface area (Å²) in [5, 5.41) is 4.79. The average Bonchev–Trinajstić information content (AvgIpc) is 3.26. The molecular formula is C17H18N2O3S. The molecule has 1 saturated carbocycles. The minimum atomic E-state index is -0.973. The van der Waals surface area contributed by atoms with Gasteiger partial charge in [-0.15, -0.1) is 11.3 Å². The molecule has 3 rings (SSSR count). The molecule has 1 fully saturated rings. The quantitative estimate of drug-likeness (QED) is 0.855. The molecule has 0 spiro atoms. The van der Waals surface area contributed by atoms with E-state index in [0.29, 0.717) is 10.4 Å². The third kappa shape index (κ3) is 3.96. The lowest BCUT2D eigenvalue weighted by Crippen LogP contribution is -2.38. The maximum atomic E-state index is 12.6. The first-order valence-corrected chi connectivity index (χ1v) is 8.57. The standard InChI is InChI=1S/C17H18N2O3S/c20-16(19-13-6-1-2-7-13)15(12-5-3-9-18-11-12)22-17(21)14-8-4-10-23-14/h3-5,8-11,13,15H,1-2,6-7H2,(H,19,20)/t15-/m0/s1. The Morgan fingerprint density at radius 1 is 1.26 bits per heavy atom. The van der Waals surface area contributed by atoms with Crippen molar-refractivity contribution in [1.82, 2.24) is 10.3 Å². The first-order chi connectivity index (χ1) is 11.2. The molecule has 2 heterocycles. The fourth-order valence-electron chi connectivity index (χ4n) is 2.71. The Labute approximate surface area is 138 Å². The molecule has 1 amide bonds. The minimum absolute atomic E-state index is 0.169. The van der Waals surface area contributed by atoms with Crippen molar-refractivity contribution in [3.63, 3.8) is 0 Å². The summed E-state index contributed by atoms with van der Waals surface area (Å²) in [5.74, 6) is -0.773. The van der Waals surface area contributed by atoms with Crippen molar-refractivity contribution in [1.29, 1.82) is 0 Å². The summed E-state index contributed by atoms with van der Waals surface area (Å²) in [7, 11) is 0. The second-order valence-corrected chi connectivity index (χ2v) is 6.49. The fourth-order valence-corrected chi connectivity index (χ4v) is 3.32. The number of pyridine rings is 1. The van der Waals surface area contributed by atoms with Crippen molar-refractivity contribution in [3.05, 3.63) is 52.5 Å². The number of nitrogens with one attached hydrogen (secondary N) is 1. The Kier molecular flexibility index (Phi) is 5.02. The highest BCUT2D eigenvalue weighted by Crippen LogP contribution is 2.23. The van der Waals surface area contributed by atoms with Gasteiger partial charge in [-0.25, -0.2) is 4.79 Å². The first-order valence-electron chi connectivity index (χ1n) is 7.69. The van der Waals surface area contributed by atoms with Gasteiger partial charge in [0.15, 0.2) is 0 Å². The predicted octanol–water partition coefficient (Wildman–Crippen LogP) is 3.10. The summed E-state index contributed by atoms with van der Waals surface area (Å²) in [6, 6.07) is 7.10. The third-order valence-corrected chi connectivity index (χ3v) is 4.72. The molecule has 1 atom stereocenters. The van der Waals surface area contributed by atoms with Gasteiger partial charge in [-0.05, 0) is 30.4 Å². The molecular weight excluding hydrogens is 312 g/mol. The van der Waals surface area contributed by atoms with Crippen molar-refractivity contribution < 1.29 is 14.3 Å². The van der Waals surface area contributed by atoms with Gasteiger partial charge in [0.05, 0.1) is 0 Å². The van der Waals surface area contributed by atoms with Crippen molar-refractivity contribution in [2.24, 2.45) is 0 Å². The van der Waals surface area contributed by atoms with E-state index in [1.54, 1.807) is 42.0 Å². The molecule has 2 aromatic rings. The molecule has 0 saturated heterocycles. The molecule has 0 bridgehead atoms. The van der Waals surface area contributed by atoms with E-state index in [1.807, 2.05) is 0 Å². The number of hydrogen-bond acceptors (Lipinski definition) is 5. The van der Waals surface area contributed by atoms with E-state index in [1.165, 1.54) is 11.3 Å². The van der Waals surface area contributed by atoms with E-state index in [2.05, 4.69) is 10.3 Å². The second-order valence-electron chi connectivity index (χ2n) is 5.54. The summed E-state index contributed by atoms with van der Waals surface area (Å²) in [6.07, 6.45) is 6.40. The van der Waals surface area contributed by atoms with Crippen LogP contribution in [0.15, 0.2) is 42.0 Å². The topological polar surface area (TPSA) is 68.3 Å². The molecule has 0 aliphatic heterocycles. The zero-order valence-electron chi connectivity index (χ0n) is 12.6. The maximum absolute atomic E-state index is 12.6. The zero-order valence-corrected chi connectivity index (χ0v) is 13.4. The summed E-state index contributed by atoms with van der Waals surface area (Å²) in [5.41, 5.74) is 0.577. The number of thiophene rings is 1. The summed E-state index contributed by atoms with van der Waals surface area (Å²) >= 11 is 1.29. The van der Waals surface area contributed by atoms with Crippen LogP contribution in [0.5, 0.6) is 0 Å². The maximum Gasteiger partial charge on any atom is 0.349 e. The Bertz CT molecular complexity index is 652. The molecule has 2 aromatic heterocycles. The van der Waals surface area contributed by atoms with Crippen LogP contribution in [-0.2, 0) is 9.53 Å². The van der Waals surface area contributed by atoms with E-state index in [4.69, 9.17) is 4.74 Å². The van der Waals surface area contributed by atoms with Gasteiger partial charge in [-0.1, -0.05) is 25.0 Å². The van der Waals surface area contributed by atoms with Crippen LogP contribution in [0.4, 0.5) is 0 Å². The van der Waals surface area contributed by atoms with E-state index in [-0.39, 0.29) is 11.9 Å². The van der Waals surface area contributed by atoms with E-state index < -0.39 is 12.1 Å². The van der Waals surface area contributed by atoms with E-state index in [9.17, 15) is 9.59 Å². The number of amides is 1. The van der Waals surface area contributed by atoms with Gasteiger partial charge in [0.2, 0.25) is 6.10 Å². The monoisotopic (exact) mass is 330 g/mol. The summed E-state index contributed by atoms with van der Waals surface area (Å²) in [4.78, 5) is 29.3. The Morgan fingerprint density at radius 2 is 2.09 bits per heavy atom.